The van der Waals surface area contributed by atoms with Crippen LogP contribution in [0.5, 0.6) is 11.5 Å². The van der Waals surface area contributed by atoms with E-state index in [0.717, 1.165) is 22.4 Å². The third kappa shape index (κ3) is 8.91. The van der Waals surface area contributed by atoms with E-state index in [-0.39, 0.29) is 11.8 Å². The lowest BCUT2D eigenvalue weighted by Gasteiger charge is -2.16. The highest BCUT2D eigenvalue weighted by atomic mass is 16.6. The summed E-state index contributed by atoms with van der Waals surface area (Å²) in [7, 11) is 1.51. The first-order valence-corrected chi connectivity index (χ1v) is 14.1. The van der Waals surface area contributed by atoms with E-state index in [9.17, 15) is 9.59 Å². The maximum absolute atomic E-state index is 12.6. The van der Waals surface area contributed by atoms with E-state index in [2.05, 4.69) is 0 Å². The molecule has 4 aromatic carbocycles. The predicted octanol–water partition coefficient (Wildman–Crippen LogP) is 7.06. The third-order valence-electron chi connectivity index (χ3n) is 6.55. The zero-order valence-electron chi connectivity index (χ0n) is 24.0. The standard InChI is InChI=1S/C36H36O6/c1-3-40-36(38)34(39-2)26-28-16-22-33(31(25-28)17-15-27-11-6-4-7-12-27)42-24-10-23-41-32-20-18-30(19-21-32)35(37)29-13-8-5-9-14-29/h4-9,11-22,25,34H,3,10,23-24,26H2,1-2H3. The van der Waals surface area contributed by atoms with Crippen molar-refractivity contribution >= 4 is 23.9 Å². The zero-order chi connectivity index (χ0) is 29.6. The summed E-state index contributed by atoms with van der Waals surface area (Å²) in [6, 6.07) is 32.3. The number of ether oxygens (including phenoxy) is 4. The second kappa shape index (κ2) is 15.9. The number of hydrogen-bond donors (Lipinski definition) is 0. The summed E-state index contributed by atoms with van der Waals surface area (Å²) in [6.45, 7) is 3.01. The van der Waals surface area contributed by atoms with Gasteiger partial charge in [0.2, 0.25) is 0 Å². The molecular formula is C36H36O6. The van der Waals surface area contributed by atoms with Gasteiger partial charge in [0.25, 0.3) is 0 Å². The second-order valence-corrected chi connectivity index (χ2v) is 9.57. The Bertz CT molecular complexity index is 1450. The van der Waals surface area contributed by atoms with E-state index < -0.39 is 6.10 Å². The third-order valence-corrected chi connectivity index (χ3v) is 6.55. The minimum Gasteiger partial charge on any atom is -0.493 e. The molecule has 0 N–H and O–H groups in total. The van der Waals surface area contributed by atoms with Gasteiger partial charge in [-0.1, -0.05) is 78.9 Å². The fourth-order valence-corrected chi connectivity index (χ4v) is 4.34. The molecule has 6 heteroatoms. The molecule has 0 saturated carbocycles. The van der Waals surface area contributed by atoms with Crippen molar-refractivity contribution in [2.45, 2.75) is 25.9 Å². The molecule has 0 aliphatic rings. The molecule has 0 heterocycles. The molecule has 6 nitrogen and oxygen atoms in total. The Balaban J connectivity index is 1.35. The molecule has 4 aromatic rings. The van der Waals surface area contributed by atoms with Gasteiger partial charge in [-0.15, -0.1) is 0 Å². The Morgan fingerprint density at radius 2 is 1.43 bits per heavy atom. The van der Waals surface area contributed by atoms with Crippen LogP contribution in [0.25, 0.3) is 12.2 Å². The van der Waals surface area contributed by atoms with Crippen LogP contribution >= 0.6 is 0 Å². The molecular weight excluding hydrogens is 528 g/mol. The summed E-state index contributed by atoms with van der Waals surface area (Å²) in [4.78, 5) is 24.8. The van der Waals surface area contributed by atoms with Gasteiger partial charge >= 0.3 is 5.97 Å². The molecule has 0 aliphatic carbocycles. The molecule has 4 rings (SSSR count). The molecule has 0 amide bonds. The van der Waals surface area contributed by atoms with Crippen molar-refractivity contribution in [3.8, 4) is 11.5 Å². The number of hydrogen-bond acceptors (Lipinski definition) is 6. The highest BCUT2D eigenvalue weighted by Crippen LogP contribution is 2.25. The first-order chi connectivity index (χ1) is 20.6. The van der Waals surface area contributed by atoms with Gasteiger partial charge in [-0.2, -0.15) is 0 Å². The van der Waals surface area contributed by atoms with Gasteiger partial charge in [0, 0.05) is 36.6 Å². The maximum atomic E-state index is 12.6. The average Bonchev–Trinajstić information content (AvgIpc) is 3.04. The maximum Gasteiger partial charge on any atom is 0.335 e. The van der Waals surface area contributed by atoms with E-state index in [0.29, 0.717) is 49.5 Å². The fraction of sp³-hybridized carbons (Fsp3) is 0.222. The van der Waals surface area contributed by atoms with Gasteiger partial charge in [-0.05, 0) is 54.4 Å². The lowest BCUT2D eigenvalue weighted by Crippen LogP contribution is -2.27. The van der Waals surface area contributed by atoms with Crippen molar-refractivity contribution in [1.29, 1.82) is 0 Å². The monoisotopic (exact) mass is 564 g/mol. The van der Waals surface area contributed by atoms with Gasteiger partial charge in [0.1, 0.15) is 11.5 Å². The summed E-state index contributed by atoms with van der Waals surface area (Å²) in [5.74, 6) is 1.04. The summed E-state index contributed by atoms with van der Waals surface area (Å²) in [6.07, 6.45) is 4.43. The first-order valence-electron chi connectivity index (χ1n) is 14.1. The minimum atomic E-state index is -0.676. The van der Waals surface area contributed by atoms with Crippen LogP contribution in [0, 0.1) is 0 Å². The number of methoxy groups -OCH3 is 1. The van der Waals surface area contributed by atoms with Crippen LogP contribution in [0.4, 0.5) is 0 Å². The molecule has 0 aliphatic heterocycles. The molecule has 0 saturated heterocycles. The zero-order valence-corrected chi connectivity index (χ0v) is 24.0. The quantitative estimate of drug-likeness (QED) is 0.0667. The van der Waals surface area contributed by atoms with Gasteiger partial charge < -0.3 is 18.9 Å². The van der Waals surface area contributed by atoms with Crippen molar-refractivity contribution in [3.63, 3.8) is 0 Å². The normalized spacial score (nSPS) is 11.7. The Morgan fingerprint density at radius 1 is 0.762 bits per heavy atom. The smallest absolute Gasteiger partial charge is 0.335 e. The number of esters is 1. The Hall–Kier alpha value is -4.68. The van der Waals surface area contributed by atoms with Crippen molar-refractivity contribution in [3.05, 3.63) is 131 Å². The molecule has 42 heavy (non-hydrogen) atoms. The number of benzene rings is 4. The minimum absolute atomic E-state index is 0.0164. The van der Waals surface area contributed by atoms with E-state index in [1.54, 1.807) is 19.1 Å². The van der Waals surface area contributed by atoms with Crippen molar-refractivity contribution in [2.24, 2.45) is 0 Å². The summed E-state index contributed by atoms with van der Waals surface area (Å²) in [5, 5.41) is 0. The van der Waals surface area contributed by atoms with Crippen molar-refractivity contribution < 1.29 is 28.5 Å². The molecule has 0 radical (unpaired) electrons. The Labute approximate surface area is 247 Å². The van der Waals surface area contributed by atoms with Crippen LogP contribution in [-0.4, -0.2) is 44.8 Å². The van der Waals surface area contributed by atoms with Crippen molar-refractivity contribution in [2.75, 3.05) is 26.9 Å². The average molecular weight is 565 g/mol. The summed E-state index contributed by atoms with van der Waals surface area (Å²) in [5.41, 5.74) is 4.18. The SMILES string of the molecule is CCOC(=O)C(Cc1ccc(OCCCOc2ccc(C(=O)c3ccccc3)cc2)c(C=Cc2ccccc2)c1)OC. The summed E-state index contributed by atoms with van der Waals surface area (Å²) < 4.78 is 22.5. The number of carbonyl (C=O) groups excluding carboxylic acids is 2. The lowest BCUT2D eigenvalue weighted by atomic mass is 10.0. The van der Waals surface area contributed by atoms with Crippen LogP contribution in [0.15, 0.2) is 103 Å². The first kappa shape index (κ1) is 30.3. The molecule has 0 bridgehead atoms. The predicted molar refractivity (Wildman–Crippen MR) is 165 cm³/mol. The Kier molecular flexibility index (Phi) is 11.5. The van der Waals surface area contributed by atoms with Crippen LogP contribution in [0.3, 0.4) is 0 Å². The number of rotatable bonds is 15. The summed E-state index contributed by atoms with van der Waals surface area (Å²) >= 11 is 0. The highest BCUT2D eigenvalue weighted by Gasteiger charge is 2.20. The molecule has 1 unspecified atom stereocenters. The molecule has 0 fully saturated rings. The van der Waals surface area contributed by atoms with Gasteiger partial charge in [-0.3, -0.25) is 4.79 Å². The second-order valence-electron chi connectivity index (χ2n) is 9.57. The van der Waals surface area contributed by atoms with E-state index in [4.69, 9.17) is 18.9 Å². The van der Waals surface area contributed by atoms with Gasteiger partial charge in [-0.25, -0.2) is 4.79 Å². The topological polar surface area (TPSA) is 71.1 Å². The van der Waals surface area contributed by atoms with Gasteiger partial charge in [0.05, 0.1) is 19.8 Å². The number of carbonyl (C=O) groups is 2. The Morgan fingerprint density at radius 3 is 2.12 bits per heavy atom. The molecule has 0 aromatic heterocycles. The van der Waals surface area contributed by atoms with E-state index in [1.165, 1.54) is 7.11 Å². The van der Waals surface area contributed by atoms with E-state index in [1.807, 2.05) is 103 Å². The fourth-order valence-electron chi connectivity index (χ4n) is 4.34. The van der Waals surface area contributed by atoms with Crippen LogP contribution in [0.2, 0.25) is 0 Å². The molecule has 216 valence electrons. The van der Waals surface area contributed by atoms with Crippen LogP contribution in [-0.2, 0) is 20.7 Å². The lowest BCUT2D eigenvalue weighted by molar-refractivity contribution is -0.154. The van der Waals surface area contributed by atoms with Crippen LogP contribution < -0.4 is 9.47 Å². The highest BCUT2D eigenvalue weighted by molar-refractivity contribution is 6.09. The van der Waals surface area contributed by atoms with Gasteiger partial charge in [0.15, 0.2) is 11.9 Å². The van der Waals surface area contributed by atoms with E-state index >= 15 is 0 Å². The molecule has 0 spiro atoms. The number of ketones is 1. The van der Waals surface area contributed by atoms with Crippen LogP contribution in [0.1, 0.15) is 46.0 Å². The van der Waals surface area contributed by atoms with Crippen molar-refractivity contribution in [1.82, 2.24) is 0 Å². The molecule has 1 atom stereocenters. The largest absolute Gasteiger partial charge is 0.493 e.